The fraction of sp³-hybridized carbons (Fsp3) is 0.179. The molecule has 1 aliphatic heterocycles. The normalized spacial score (nSPS) is 14.1. The lowest BCUT2D eigenvalue weighted by Gasteiger charge is -2.14. The molecule has 3 aromatic carbocycles. The third kappa shape index (κ3) is 5.58. The Kier molecular flexibility index (Phi) is 7.26. The topological polar surface area (TPSA) is 80.2 Å². The first-order chi connectivity index (χ1) is 17.0. The third-order valence-corrected chi connectivity index (χ3v) is 5.42. The number of hydrogen-bond acceptors (Lipinski definition) is 5. The fourth-order valence-electron chi connectivity index (χ4n) is 3.64. The molecular formula is C28H27N3O4. The number of ether oxygens (including phenoxy) is 2. The standard InChI is InChI=1S/C28H27N3O4/c1-4-34-26-17-21(16-23-20(3)30-31(28(23)33)22-11-6-5-7-12-22)14-15-25(26)35-18-27(32)29-24-13-9-8-10-19(24)2/h5-17H,4,18H2,1-3H3,(H,29,32)/b23-16+. The van der Waals surface area contributed by atoms with Crippen molar-refractivity contribution in [2.24, 2.45) is 5.10 Å². The van der Waals surface area contributed by atoms with Crippen LogP contribution in [-0.4, -0.2) is 30.7 Å². The van der Waals surface area contributed by atoms with Crippen LogP contribution in [0.1, 0.15) is 25.0 Å². The van der Waals surface area contributed by atoms with E-state index in [2.05, 4.69) is 10.4 Å². The van der Waals surface area contributed by atoms with Crippen LogP contribution in [0.15, 0.2) is 83.5 Å². The van der Waals surface area contributed by atoms with Crippen molar-refractivity contribution in [3.05, 3.63) is 89.5 Å². The predicted molar refractivity (Wildman–Crippen MR) is 138 cm³/mol. The molecular weight excluding hydrogens is 442 g/mol. The molecule has 0 saturated heterocycles. The van der Waals surface area contributed by atoms with Crippen LogP contribution in [0.3, 0.4) is 0 Å². The highest BCUT2D eigenvalue weighted by atomic mass is 16.5. The molecule has 3 aromatic rings. The third-order valence-electron chi connectivity index (χ3n) is 5.42. The summed E-state index contributed by atoms with van der Waals surface area (Å²) < 4.78 is 11.5. The zero-order chi connectivity index (χ0) is 24.8. The molecule has 1 aliphatic rings. The number of nitrogens with one attached hydrogen (secondary N) is 1. The lowest BCUT2D eigenvalue weighted by molar-refractivity contribution is -0.118. The summed E-state index contributed by atoms with van der Waals surface area (Å²) in [6, 6.07) is 22.2. The molecule has 7 heteroatoms. The number of benzene rings is 3. The van der Waals surface area contributed by atoms with E-state index in [0.29, 0.717) is 35.1 Å². The molecule has 0 aliphatic carbocycles. The van der Waals surface area contributed by atoms with Crippen molar-refractivity contribution in [3.63, 3.8) is 0 Å². The molecule has 35 heavy (non-hydrogen) atoms. The Morgan fingerprint density at radius 2 is 1.71 bits per heavy atom. The second kappa shape index (κ2) is 10.7. The molecule has 4 rings (SSSR count). The summed E-state index contributed by atoms with van der Waals surface area (Å²) in [6.45, 7) is 5.87. The van der Waals surface area contributed by atoms with Gasteiger partial charge in [0.1, 0.15) is 0 Å². The maximum Gasteiger partial charge on any atom is 0.280 e. The summed E-state index contributed by atoms with van der Waals surface area (Å²) in [5.41, 5.74) is 4.32. The van der Waals surface area contributed by atoms with E-state index in [1.54, 1.807) is 25.1 Å². The lowest BCUT2D eigenvalue weighted by atomic mass is 10.1. The van der Waals surface area contributed by atoms with Gasteiger partial charge in [0.25, 0.3) is 11.8 Å². The maximum absolute atomic E-state index is 13.0. The Balaban J connectivity index is 1.49. The fourth-order valence-corrected chi connectivity index (χ4v) is 3.64. The molecule has 2 amide bonds. The van der Waals surface area contributed by atoms with Crippen molar-refractivity contribution in [1.82, 2.24) is 0 Å². The summed E-state index contributed by atoms with van der Waals surface area (Å²) >= 11 is 0. The van der Waals surface area contributed by atoms with Crippen molar-refractivity contribution >= 4 is 35.0 Å². The molecule has 0 radical (unpaired) electrons. The molecule has 7 nitrogen and oxygen atoms in total. The van der Waals surface area contributed by atoms with Gasteiger partial charge in [-0.2, -0.15) is 10.1 Å². The van der Waals surface area contributed by atoms with Crippen LogP contribution in [0.5, 0.6) is 11.5 Å². The first-order valence-corrected chi connectivity index (χ1v) is 11.4. The van der Waals surface area contributed by atoms with Gasteiger partial charge < -0.3 is 14.8 Å². The van der Waals surface area contributed by atoms with Gasteiger partial charge in [-0.1, -0.05) is 42.5 Å². The molecule has 1 heterocycles. The summed E-state index contributed by atoms with van der Waals surface area (Å²) in [4.78, 5) is 25.4. The maximum atomic E-state index is 13.0. The summed E-state index contributed by atoms with van der Waals surface area (Å²) in [5.74, 6) is 0.477. The number of amides is 2. The largest absolute Gasteiger partial charge is 0.490 e. The Morgan fingerprint density at radius 3 is 2.46 bits per heavy atom. The molecule has 0 spiro atoms. The van der Waals surface area contributed by atoms with Crippen LogP contribution in [0.25, 0.3) is 6.08 Å². The summed E-state index contributed by atoms with van der Waals surface area (Å²) in [5, 5.41) is 8.66. The van der Waals surface area contributed by atoms with Crippen LogP contribution < -0.4 is 19.8 Å². The van der Waals surface area contributed by atoms with Crippen molar-refractivity contribution in [1.29, 1.82) is 0 Å². The van der Waals surface area contributed by atoms with E-state index in [1.807, 2.05) is 74.5 Å². The van der Waals surface area contributed by atoms with E-state index in [-0.39, 0.29) is 18.4 Å². The highest BCUT2D eigenvalue weighted by Crippen LogP contribution is 2.31. The molecule has 0 atom stereocenters. The average Bonchev–Trinajstić information content (AvgIpc) is 3.14. The van der Waals surface area contributed by atoms with E-state index < -0.39 is 0 Å². The number of aryl methyl sites for hydroxylation is 1. The van der Waals surface area contributed by atoms with Crippen LogP contribution in [-0.2, 0) is 9.59 Å². The van der Waals surface area contributed by atoms with Gasteiger partial charge in [0.05, 0.1) is 23.6 Å². The van der Waals surface area contributed by atoms with E-state index in [1.165, 1.54) is 5.01 Å². The van der Waals surface area contributed by atoms with Crippen LogP contribution >= 0.6 is 0 Å². The van der Waals surface area contributed by atoms with Gasteiger partial charge in [-0.3, -0.25) is 9.59 Å². The number of rotatable bonds is 8. The molecule has 0 unspecified atom stereocenters. The van der Waals surface area contributed by atoms with Crippen molar-refractivity contribution < 1.29 is 19.1 Å². The Labute approximate surface area is 204 Å². The van der Waals surface area contributed by atoms with Gasteiger partial charge in [0, 0.05) is 5.69 Å². The van der Waals surface area contributed by atoms with Gasteiger partial charge >= 0.3 is 0 Å². The van der Waals surface area contributed by atoms with E-state index in [9.17, 15) is 9.59 Å². The smallest absolute Gasteiger partial charge is 0.280 e. The van der Waals surface area contributed by atoms with Gasteiger partial charge in [-0.25, -0.2) is 0 Å². The first-order valence-electron chi connectivity index (χ1n) is 11.4. The molecule has 0 fully saturated rings. The zero-order valence-corrected chi connectivity index (χ0v) is 19.9. The lowest BCUT2D eigenvalue weighted by Crippen LogP contribution is -2.21. The minimum Gasteiger partial charge on any atom is -0.490 e. The Morgan fingerprint density at radius 1 is 0.971 bits per heavy atom. The van der Waals surface area contributed by atoms with Crippen molar-refractivity contribution in [3.8, 4) is 11.5 Å². The van der Waals surface area contributed by atoms with Gasteiger partial charge in [0.15, 0.2) is 18.1 Å². The molecule has 178 valence electrons. The van der Waals surface area contributed by atoms with E-state index in [0.717, 1.165) is 16.8 Å². The molecule has 1 N–H and O–H groups in total. The minimum atomic E-state index is -0.266. The quantitative estimate of drug-likeness (QED) is 0.459. The van der Waals surface area contributed by atoms with Crippen LogP contribution in [0, 0.1) is 6.92 Å². The first kappa shape index (κ1) is 23.8. The number of anilines is 2. The van der Waals surface area contributed by atoms with Crippen LogP contribution in [0.4, 0.5) is 11.4 Å². The average molecular weight is 470 g/mol. The highest BCUT2D eigenvalue weighted by molar-refractivity contribution is 6.32. The molecule has 0 aromatic heterocycles. The number of carbonyl (C=O) groups excluding carboxylic acids is 2. The monoisotopic (exact) mass is 469 g/mol. The van der Waals surface area contributed by atoms with Gasteiger partial charge in [-0.15, -0.1) is 0 Å². The van der Waals surface area contributed by atoms with Gasteiger partial charge in [0.2, 0.25) is 0 Å². The van der Waals surface area contributed by atoms with Gasteiger partial charge in [-0.05, 0) is 68.3 Å². The summed E-state index contributed by atoms with van der Waals surface area (Å²) in [6.07, 6.45) is 1.78. The van der Waals surface area contributed by atoms with Crippen molar-refractivity contribution in [2.75, 3.05) is 23.5 Å². The second-order valence-corrected chi connectivity index (χ2v) is 7.99. The molecule has 0 bridgehead atoms. The number of para-hydroxylation sites is 2. The Hall–Kier alpha value is -4.39. The van der Waals surface area contributed by atoms with Crippen molar-refractivity contribution in [2.45, 2.75) is 20.8 Å². The zero-order valence-electron chi connectivity index (χ0n) is 19.9. The van der Waals surface area contributed by atoms with E-state index in [4.69, 9.17) is 9.47 Å². The highest BCUT2D eigenvalue weighted by Gasteiger charge is 2.28. The Bertz CT molecular complexity index is 1300. The predicted octanol–water partition coefficient (Wildman–Crippen LogP) is 5.22. The summed E-state index contributed by atoms with van der Waals surface area (Å²) in [7, 11) is 0. The minimum absolute atomic E-state index is 0.162. The SMILES string of the molecule is CCOc1cc(/C=C2/C(=O)N(c3ccccc3)N=C2C)ccc1OCC(=O)Nc1ccccc1C. The van der Waals surface area contributed by atoms with E-state index >= 15 is 0 Å². The molecule has 0 saturated carbocycles. The number of nitrogens with zero attached hydrogens (tertiary/aromatic N) is 2. The second-order valence-electron chi connectivity index (χ2n) is 7.99. The number of hydrazone groups is 1. The number of carbonyl (C=O) groups is 2. The van der Waals surface area contributed by atoms with Crippen LogP contribution in [0.2, 0.25) is 0 Å². The number of hydrogen-bond donors (Lipinski definition) is 1.